The number of sulfonamides is 1. The van der Waals surface area contributed by atoms with Crippen LogP contribution in [0.5, 0.6) is 5.75 Å². The number of nitrogens with zero attached hydrogens (tertiary/aromatic N) is 3. The van der Waals surface area contributed by atoms with Gasteiger partial charge in [-0.2, -0.15) is 9.30 Å². The summed E-state index contributed by atoms with van der Waals surface area (Å²) in [6.07, 6.45) is 6.45. The van der Waals surface area contributed by atoms with Crippen LogP contribution >= 0.6 is 34.5 Å². The summed E-state index contributed by atoms with van der Waals surface area (Å²) >= 11 is 13.9. The highest BCUT2D eigenvalue weighted by atomic mass is 35.5. The first kappa shape index (κ1) is 23.8. The molecule has 0 bridgehead atoms. The van der Waals surface area contributed by atoms with Gasteiger partial charge in [-0.25, -0.2) is 8.42 Å². The third-order valence-corrected chi connectivity index (χ3v) is 9.10. The van der Waals surface area contributed by atoms with Gasteiger partial charge in [0.25, 0.3) is 5.91 Å². The monoisotopic (exact) mass is 523 g/mol. The number of methoxy groups -OCH3 is 1. The molecule has 7 nitrogen and oxygen atoms in total. The topological polar surface area (TPSA) is 81.0 Å². The van der Waals surface area contributed by atoms with E-state index in [1.165, 1.54) is 34.9 Å². The predicted octanol–water partition coefficient (Wildman–Crippen LogP) is 3.93. The minimum atomic E-state index is -3.89. The lowest BCUT2D eigenvalue weighted by Crippen LogP contribution is -2.40. The summed E-state index contributed by atoms with van der Waals surface area (Å²) in [5.74, 6) is 2.52. The first-order valence-corrected chi connectivity index (χ1v) is 12.9. The average Bonchev–Trinajstić information content (AvgIpc) is 3.44. The lowest BCUT2D eigenvalue weighted by Gasteiger charge is -2.21. The molecule has 33 heavy (non-hydrogen) atoms. The van der Waals surface area contributed by atoms with Gasteiger partial charge in [-0.05, 0) is 49.2 Å². The third-order valence-electron chi connectivity index (χ3n) is 5.34. The fourth-order valence-electron chi connectivity index (χ4n) is 3.76. The van der Waals surface area contributed by atoms with Gasteiger partial charge in [0, 0.05) is 6.54 Å². The molecule has 0 saturated carbocycles. The highest BCUT2D eigenvalue weighted by molar-refractivity contribution is 7.89. The number of benzene rings is 2. The van der Waals surface area contributed by atoms with E-state index in [1.807, 2.05) is 0 Å². The van der Waals surface area contributed by atoms with Crippen molar-refractivity contribution >= 4 is 60.7 Å². The van der Waals surface area contributed by atoms with Crippen molar-refractivity contribution in [3.63, 3.8) is 0 Å². The fraction of sp³-hybridized carbons (Fsp3) is 0.273. The summed E-state index contributed by atoms with van der Waals surface area (Å²) in [5.41, 5.74) is 0.591. The van der Waals surface area contributed by atoms with Crippen molar-refractivity contribution < 1.29 is 17.9 Å². The molecule has 1 atom stereocenters. The molecule has 1 aromatic heterocycles. The number of aromatic nitrogens is 1. The van der Waals surface area contributed by atoms with Gasteiger partial charge in [0.1, 0.15) is 11.8 Å². The summed E-state index contributed by atoms with van der Waals surface area (Å²) in [4.78, 5) is 17.9. The first-order valence-electron chi connectivity index (χ1n) is 9.93. The van der Waals surface area contributed by atoms with Crippen molar-refractivity contribution in [2.45, 2.75) is 30.3 Å². The van der Waals surface area contributed by atoms with Crippen LogP contribution in [0.25, 0.3) is 10.2 Å². The second kappa shape index (κ2) is 9.49. The number of ether oxygens (including phenoxy) is 1. The Kier molecular flexibility index (Phi) is 6.84. The Hall–Kier alpha value is -2.35. The van der Waals surface area contributed by atoms with Gasteiger partial charge in [0.15, 0.2) is 4.80 Å². The lowest BCUT2D eigenvalue weighted by molar-refractivity contribution is -0.121. The third kappa shape index (κ3) is 4.42. The van der Waals surface area contributed by atoms with E-state index in [9.17, 15) is 13.2 Å². The number of fused-ring (bicyclic) bond motifs is 1. The summed E-state index contributed by atoms with van der Waals surface area (Å²) in [7, 11) is -2.39. The Morgan fingerprint density at radius 1 is 1.24 bits per heavy atom. The fourth-order valence-corrected chi connectivity index (χ4v) is 7.06. The van der Waals surface area contributed by atoms with Crippen molar-refractivity contribution in [3.05, 3.63) is 51.2 Å². The molecular weight excluding hydrogens is 505 g/mol. The molecule has 1 unspecified atom stereocenters. The SMILES string of the molecule is C#CCn1c(=NC(=O)C2CCCN2S(=O)(=O)c2ccc(OC)cc2)sc2c(Cl)ccc(Cl)c21. The number of amides is 1. The molecule has 0 radical (unpaired) electrons. The van der Waals surface area contributed by atoms with E-state index >= 15 is 0 Å². The van der Waals surface area contributed by atoms with Crippen LogP contribution in [0.2, 0.25) is 10.0 Å². The molecule has 0 aliphatic carbocycles. The van der Waals surface area contributed by atoms with E-state index < -0.39 is 22.0 Å². The molecule has 3 aromatic rings. The number of carbonyl (C=O) groups is 1. The van der Waals surface area contributed by atoms with E-state index in [0.29, 0.717) is 43.7 Å². The summed E-state index contributed by atoms with van der Waals surface area (Å²) in [6.45, 7) is 0.361. The average molecular weight is 524 g/mol. The van der Waals surface area contributed by atoms with Crippen LogP contribution in [0.4, 0.5) is 0 Å². The van der Waals surface area contributed by atoms with E-state index in [4.69, 9.17) is 34.4 Å². The zero-order valence-electron chi connectivity index (χ0n) is 17.5. The van der Waals surface area contributed by atoms with Gasteiger partial charge >= 0.3 is 0 Å². The molecule has 1 aliphatic heterocycles. The van der Waals surface area contributed by atoms with Gasteiger partial charge in [-0.3, -0.25) is 4.79 Å². The van der Waals surface area contributed by atoms with Crippen molar-refractivity contribution in [3.8, 4) is 18.1 Å². The molecule has 1 saturated heterocycles. The maximum Gasteiger partial charge on any atom is 0.266 e. The highest BCUT2D eigenvalue weighted by Crippen LogP contribution is 2.32. The van der Waals surface area contributed by atoms with Gasteiger partial charge in [0.2, 0.25) is 10.0 Å². The number of terminal acetylenes is 1. The second-order valence-electron chi connectivity index (χ2n) is 7.28. The molecule has 0 spiro atoms. The number of thiazole rings is 1. The highest BCUT2D eigenvalue weighted by Gasteiger charge is 2.39. The molecule has 1 fully saturated rings. The molecule has 0 N–H and O–H groups in total. The molecule has 2 aromatic carbocycles. The smallest absolute Gasteiger partial charge is 0.266 e. The van der Waals surface area contributed by atoms with Crippen molar-refractivity contribution in [2.24, 2.45) is 4.99 Å². The van der Waals surface area contributed by atoms with Crippen LogP contribution < -0.4 is 9.54 Å². The summed E-state index contributed by atoms with van der Waals surface area (Å²) in [5, 5.41) is 0.892. The van der Waals surface area contributed by atoms with E-state index in [0.717, 1.165) is 0 Å². The second-order valence-corrected chi connectivity index (χ2v) is 11.0. The van der Waals surface area contributed by atoms with Gasteiger partial charge < -0.3 is 9.30 Å². The van der Waals surface area contributed by atoms with Gasteiger partial charge in [-0.15, -0.1) is 6.42 Å². The minimum absolute atomic E-state index is 0.0887. The Bertz CT molecular complexity index is 1440. The van der Waals surface area contributed by atoms with E-state index in [2.05, 4.69) is 10.9 Å². The molecule has 2 heterocycles. The number of carbonyl (C=O) groups excluding carboxylic acids is 1. The molecule has 1 aliphatic rings. The van der Waals surface area contributed by atoms with Gasteiger partial charge in [-0.1, -0.05) is 40.5 Å². The van der Waals surface area contributed by atoms with Crippen LogP contribution in [-0.2, 0) is 21.4 Å². The quantitative estimate of drug-likeness (QED) is 0.474. The maximum absolute atomic E-state index is 13.2. The van der Waals surface area contributed by atoms with Crippen molar-refractivity contribution in [2.75, 3.05) is 13.7 Å². The number of rotatable bonds is 5. The Balaban J connectivity index is 1.74. The predicted molar refractivity (Wildman–Crippen MR) is 129 cm³/mol. The number of hydrogen-bond donors (Lipinski definition) is 0. The zero-order chi connectivity index (χ0) is 23.8. The Morgan fingerprint density at radius 3 is 2.61 bits per heavy atom. The lowest BCUT2D eigenvalue weighted by atomic mass is 10.2. The standard InChI is InChI=1S/C22H19Cl2N3O4S2/c1-3-12-26-19-16(23)10-11-17(24)20(19)32-22(26)25-21(28)18-5-4-13-27(18)33(29,30)15-8-6-14(31-2)7-9-15/h1,6-11,18H,4-5,12-13H2,2H3. The summed E-state index contributed by atoms with van der Waals surface area (Å²) in [6, 6.07) is 8.46. The normalized spacial score (nSPS) is 17.4. The Morgan fingerprint density at radius 2 is 1.94 bits per heavy atom. The zero-order valence-corrected chi connectivity index (χ0v) is 20.6. The summed E-state index contributed by atoms with van der Waals surface area (Å²) < 4.78 is 35.1. The van der Waals surface area contributed by atoms with Crippen LogP contribution in [0, 0.1) is 12.3 Å². The van der Waals surface area contributed by atoms with Crippen LogP contribution in [-0.4, -0.2) is 42.9 Å². The molecule has 11 heteroatoms. The minimum Gasteiger partial charge on any atom is -0.497 e. The van der Waals surface area contributed by atoms with Crippen LogP contribution in [0.15, 0.2) is 46.3 Å². The number of hydrogen-bond acceptors (Lipinski definition) is 5. The molecule has 1 amide bonds. The van der Waals surface area contributed by atoms with E-state index in [1.54, 1.807) is 28.8 Å². The first-order chi connectivity index (χ1) is 15.8. The van der Waals surface area contributed by atoms with Crippen LogP contribution in [0.3, 0.4) is 0 Å². The van der Waals surface area contributed by atoms with Crippen molar-refractivity contribution in [1.82, 2.24) is 8.87 Å². The Labute approximate surface area is 205 Å². The molecular formula is C22H19Cl2N3O4S2. The number of halogens is 2. The van der Waals surface area contributed by atoms with Crippen LogP contribution in [0.1, 0.15) is 12.8 Å². The maximum atomic E-state index is 13.2. The van der Waals surface area contributed by atoms with Gasteiger partial charge in [0.05, 0.1) is 38.8 Å². The van der Waals surface area contributed by atoms with E-state index in [-0.39, 0.29) is 18.0 Å². The molecule has 172 valence electrons. The van der Waals surface area contributed by atoms with Crippen molar-refractivity contribution in [1.29, 1.82) is 0 Å². The largest absolute Gasteiger partial charge is 0.497 e. The molecule has 4 rings (SSSR count).